The number of amides is 1. The summed E-state index contributed by atoms with van der Waals surface area (Å²) < 4.78 is 26.9. The van der Waals surface area contributed by atoms with Gasteiger partial charge in [0.25, 0.3) is 5.91 Å². The van der Waals surface area contributed by atoms with Gasteiger partial charge in [-0.25, -0.2) is 18.4 Å². The van der Waals surface area contributed by atoms with Crippen molar-refractivity contribution in [2.24, 2.45) is 0 Å². The van der Waals surface area contributed by atoms with Gasteiger partial charge in [-0.1, -0.05) is 53.7 Å². The van der Waals surface area contributed by atoms with Gasteiger partial charge < -0.3 is 5.32 Å². The first-order valence-electron chi connectivity index (χ1n) is 8.79. The number of hydrogen-bond acceptors (Lipinski definition) is 6. The number of carbonyl (C=O) groups excluding carboxylic acids is 1. The highest BCUT2D eigenvalue weighted by Crippen LogP contribution is 2.21. The topological polar surface area (TPSA) is 92.3 Å². The lowest BCUT2D eigenvalue weighted by molar-refractivity contribution is 0.102. The molecule has 10 heteroatoms. The number of nitrogens with one attached hydrogen (secondary N) is 1. The van der Waals surface area contributed by atoms with E-state index < -0.39 is 15.9 Å². The molecule has 2 aromatic carbocycles. The van der Waals surface area contributed by atoms with Crippen molar-refractivity contribution >= 4 is 45.0 Å². The summed E-state index contributed by atoms with van der Waals surface area (Å²) in [5.41, 5.74) is 1.36. The van der Waals surface area contributed by atoms with E-state index >= 15 is 0 Å². The summed E-state index contributed by atoms with van der Waals surface area (Å²) in [7, 11) is -2.15. The number of anilines is 1. The number of aromatic nitrogens is 2. The number of halogens is 1. The average Bonchev–Trinajstić information content (AvgIpc) is 2.75. The van der Waals surface area contributed by atoms with Crippen molar-refractivity contribution in [3.63, 3.8) is 0 Å². The number of carbonyl (C=O) groups is 1. The Morgan fingerprint density at radius 2 is 1.80 bits per heavy atom. The summed E-state index contributed by atoms with van der Waals surface area (Å²) in [5.74, 6) is -0.505. The minimum Gasteiger partial charge on any atom is -0.321 e. The van der Waals surface area contributed by atoms with Crippen LogP contribution in [0, 0.1) is 0 Å². The molecular weight excluding hydrogens is 444 g/mol. The largest absolute Gasteiger partial charge is 0.321 e. The first kappa shape index (κ1) is 22.2. The van der Waals surface area contributed by atoms with E-state index in [2.05, 4.69) is 15.3 Å². The quantitative estimate of drug-likeness (QED) is 0.422. The smallest absolute Gasteiger partial charge is 0.275 e. The van der Waals surface area contributed by atoms with Gasteiger partial charge in [-0.2, -0.15) is 4.31 Å². The maximum atomic E-state index is 12.8. The molecule has 3 rings (SSSR count). The molecule has 0 aliphatic rings. The second kappa shape index (κ2) is 9.57. The SMILES string of the molecule is CSc1ncc(Cl)c(C(=O)Nc2ccc(S(=O)(=O)N(C)Cc3ccccc3)cc2)n1. The lowest BCUT2D eigenvalue weighted by Crippen LogP contribution is -2.26. The van der Waals surface area contributed by atoms with Gasteiger partial charge in [0, 0.05) is 19.3 Å². The highest BCUT2D eigenvalue weighted by atomic mass is 35.5. The molecule has 0 saturated carbocycles. The summed E-state index contributed by atoms with van der Waals surface area (Å²) in [6.07, 6.45) is 3.16. The van der Waals surface area contributed by atoms with Gasteiger partial charge in [0.1, 0.15) is 0 Å². The monoisotopic (exact) mass is 462 g/mol. The molecule has 0 saturated heterocycles. The predicted molar refractivity (Wildman–Crippen MR) is 118 cm³/mol. The number of rotatable bonds is 7. The van der Waals surface area contributed by atoms with Crippen LogP contribution in [0.3, 0.4) is 0 Å². The van der Waals surface area contributed by atoms with Crippen molar-refractivity contribution in [1.82, 2.24) is 14.3 Å². The first-order chi connectivity index (χ1) is 14.3. The fourth-order valence-electron chi connectivity index (χ4n) is 2.61. The normalized spacial score (nSPS) is 11.5. The third-order valence-electron chi connectivity index (χ3n) is 4.19. The van der Waals surface area contributed by atoms with Crippen molar-refractivity contribution in [3.05, 3.63) is 77.1 Å². The highest BCUT2D eigenvalue weighted by Gasteiger charge is 2.21. The Hall–Kier alpha value is -2.46. The van der Waals surface area contributed by atoms with Crippen molar-refractivity contribution < 1.29 is 13.2 Å². The second-order valence-electron chi connectivity index (χ2n) is 6.28. The maximum absolute atomic E-state index is 12.8. The van der Waals surface area contributed by atoms with Crippen molar-refractivity contribution in [2.75, 3.05) is 18.6 Å². The summed E-state index contributed by atoms with van der Waals surface area (Å²) in [5, 5.41) is 3.22. The number of benzene rings is 2. The lowest BCUT2D eigenvalue weighted by atomic mass is 10.2. The minimum absolute atomic E-state index is 0.0512. The molecule has 0 spiro atoms. The zero-order chi connectivity index (χ0) is 21.7. The molecule has 7 nitrogen and oxygen atoms in total. The van der Waals surface area contributed by atoms with Crippen LogP contribution in [0.2, 0.25) is 5.02 Å². The van der Waals surface area contributed by atoms with Crippen LogP contribution < -0.4 is 5.32 Å². The molecule has 3 aromatic rings. The molecule has 0 atom stereocenters. The van der Waals surface area contributed by atoms with Crippen molar-refractivity contribution in [2.45, 2.75) is 16.6 Å². The van der Waals surface area contributed by atoms with Crippen LogP contribution in [-0.4, -0.2) is 41.9 Å². The standard InChI is InChI=1S/C20H19ClN4O3S2/c1-25(13-14-6-4-3-5-7-14)30(27,28)16-10-8-15(9-11-16)23-19(26)18-17(21)12-22-20(24-18)29-2/h3-12H,13H2,1-2H3,(H,23,26). The van der Waals surface area contributed by atoms with E-state index in [1.54, 1.807) is 6.26 Å². The van der Waals surface area contributed by atoms with E-state index in [0.717, 1.165) is 5.56 Å². The summed E-state index contributed by atoms with van der Waals surface area (Å²) >= 11 is 7.31. The maximum Gasteiger partial charge on any atom is 0.275 e. The number of sulfonamides is 1. The van der Waals surface area contributed by atoms with E-state index in [0.29, 0.717) is 10.8 Å². The molecule has 0 bridgehead atoms. The van der Waals surface area contributed by atoms with E-state index in [4.69, 9.17) is 11.6 Å². The van der Waals surface area contributed by atoms with E-state index in [1.165, 1.54) is 53.6 Å². The average molecular weight is 463 g/mol. The van der Waals surface area contributed by atoms with Gasteiger partial charge in [-0.15, -0.1) is 0 Å². The Labute approximate surface area is 184 Å². The fraction of sp³-hybridized carbons (Fsp3) is 0.150. The molecule has 0 fully saturated rings. The second-order valence-corrected chi connectivity index (χ2v) is 9.50. The molecule has 1 aromatic heterocycles. The van der Waals surface area contributed by atoms with E-state index in [-0.39, 0.29) is 22.2 Å². The number of thioether (sulfide) groups is 1. The van der Waals surface area contributed by atoms with Gasteiger partial charge in [-0.05, 0) is 36.1 Å². The van der Waals surface area contributed by atoms with Crippen LogP contribution in [0.1, 0.15) is 16.1 Å². The molecule has 1 N–H and O–H groups in total. The van der Waals surface area contributed by atoms with Crippen molar-refractivity contribution in [1.29, 1.82) is 0 Å². The zero-order valence-corrected chi connectivity index (χ0v) is 18.6. The number of nitrogens with zero attached hydrogens (tertiary/aromatic N) is 3. The molecule has 1 amide bonds. The molecule has 156 valence electrons. The fourth-order valence-corrected chi connectivity index (χ4v) is 4.29. The Morgan fingerprint density at radius 3 is 2.43 bits per heavy atom. The summed E-state index contributed by atoms with van der Waals surface area (Å²) in [6, 6.07) is 15.3. The third-order valence-corrected chi connectivity index (χ3v) is 6.84. The molecule has 0 aliphatic heterocycles. The van der Waals surface area contributed by atoms with Crippen LogP contribution in [-0.2, 0) is 16.6 Å². The van der Waals surface area contributed by atoms with E-state index in [1.807, 2.05) is 30.3 Å². The van der Waals surface area contributed by atoms with Crippen LogP contribution in [0.25, 0.3) is 0 Å². The van der Waals surface area contributed by atoms with E-state index in [9.17, 15) is 13.2 Å². The summed E-state index contributed by atoms with van der Waals surface area (Å²) in [6.45, 7) is 0.256. The predicted octanol–water partition coefficient (Wildman–Crippen LogP) is 3.92. The van der Waals surface area contributed by atoms with Gasteiger partial charge in [0.2, 0.25) is 10.0 Å². The minimum atomic E-state index is -3.67. The van der Waals surface area contributed by atoms with Gasteiger partial charge in [-0.3, -0.25) is 4.79 Å². The molecule has 0 radical (unpaired) electrons. The van der Waals surface area contributed by atoms with Crippen LogP contribution in [0.4, 0.5) is 5.69 Å². The first-order valence-corrected chi connectivity index (χ1v) is 11.8. The molecule has 30 heavy (non-hydrogen) atoms. The summed E-state index contributed by atoms with van der Waals surface area (Å²) in [4.78, 5) is 20.7. The number of hydrogen-bond donors (Lipinski definition) is 1. The molecule has 0 aliphatic carbocycles. The molecule has 0 unspecified atom stereocenters. The van der Waals surface area contributed by atoms with Crippen LogP contribution in [0.5, 0.6) is 0 Å². The van der Waals surface area contributed by atoms with Crippen LogP contribution in [0.15, 0.2) is 70.8 Å². The Balaban J connectivity index is 1.73. The van der Waals surface area contributed by atoms with Crippen molar-refractivity contribution in [3.8, 4) is 0 Å². The molecular formula is C20H19ClN4O3S2. The Kier molecular flexibility index (Phi) is 7.09. The zero-order valence-electron chi connectivity index (χ0n) is 16.2. The van der Waals surface area contributed by atoms with Gasteiger partial charge >= 0.3 is 0 Å². The molecule has 1 heterocycles. The lowest BCUT2D eigenvalue weighted by Gasteiger charge is -2.17. The van der Waals surface area contributed by atoms with Gasteiger partial charge in [0.15, 0.2) is 10.9 Å². The highest BCUT2D eigenvalue weighted by molar-refractivity contribution is 7.98. The third kappa shape index (κ3) is 5.17. The van der Waals surface area contributed by atoms with Gasteiger partial charge in [0.05, 0.1) is 16.1 Å². The Morgan fingerprint density at radius 1 is 1.13 bits per heavy atom. The Bertz CT molecular complexity index is 1140. The van der Waals surface area contributed by atoms with Crippen LogP contribution >= 0.6 is 23.4 Å².